The minimum absolute atomic E-state index is 0.292. The molecular formula is C17H21NO. The van der Waals surface area contributed by atoms with Crippen molar-refractivity contribution in [2.75, 3.05) is 19.6 Å². The van der Waals surface area contributed by atoms with E-state index in [1.54, 1.807) is 0 Å². The van der Waals surface area contributed by atoms with Gasteiger partial charge in [-0.1, -0.05) is 30.7 Å². The Balaban J connectivity index is 1.58. The van der Waals surface area contributed by atoms with Gasteiger partial charge in [0.1, 0.15) is 0 Å². The van der Waals surface area contributed by atoms with Gasteiger partial charge in [-0.2, -0.15) is 0 Å². The normalized spacial score (nSPS) is 18.5. The van der Waals surface area contributed by atoms with Crippen molar-refractivity contribution in [3.8, 4) is 0 Å². The molecule has 2 aliphatic rings. The number of carbonyl (C=O) groups is 1. The number of nitrogens with zero attached hydrogens (tertiary/aromatic N) is 1. The number of piperidine rings is 1. The fraction of sp³-hybridized carbons (Fsp3) is 0.471. The number of carbonyl (C=O) groups excluding carboxylic acids is 1. The van der Waals surface area contributed by atoms with Crippen molar-refractivity contribution in [2.45, 2.75) is 32.1 Å². The van der Waals surface area contributed by atoms with Gasteiger partial charge in [-0.05, 0) is 49.5 Å². The lowest BCUT2D eigenvalue weighted by Gasteiger charge is -2.25. The Kier molecular flexibility index (Phi) is 3.79. The second-order valence-electron chi connectivity index (χ2n) is 5.60. The lowest BCUT2D eigenvalue weighted by Crippen LogP contribution is -2.31. The molecule has 1 heterocycles. The summed E-state index contributed by atoms with van der Waals surface area (Å²) in [6.07, 6.45) is 9.86. The van der Waals surface area contributed by atoms with Crippen molar-refractivity contribution >= 4 is 11.9 Å². The van der Waals surface area contributed by atoms with Gasteiger partial charge in [-0.25, -0.2) is 0 Å². The molecule has 0 spiro atoms. The fourth-order valence-electron chi connectivity index (χ4n) is 3.02. The third kappa shape index (κ3) is 2.95. The maximum Gasteiger partial charge on any atom is 0.164 e. The SMILES string of the molecule is O=C(CCN1CCCCC1)c1ccc2c(c1)CC=C2. The van der Waals surface area contributed by atoms with Gasteiger partial charge in [0.15, 0.2) is 5.78 Å². The molecule has 2 heteroatoms. The van der Waals surface area contributed by atoms with Crippen LogP contribution in [0, 0.1) is 0 Å². The van der Waals surface area contributed by atoms with Crippen LogP contribution in [-0.2, 0) is 6.42 Å². The van der Waals surface area contributed by atoms with Crippen LogP contribution in [0.1, 0.15) is 47.2 Å². The molecule has 1 saturated heterocycles. The average Bonchev–Trinajstić information content (AvgIpc) is 2.93. The molecule has 0 radical (unpaired) electrons. The highest BCUT2D eigenvalue weighted by atomic mass is 16.1. The Morgan fingerprint density at radius 2 is 2.00 bits per heavy atom. The Hall–Kier alpha value is -1.41. The van der Waals surface area contributed by atoms with Gasteiger partial charge in [-0.3, -0.25) is 4.79 Å². The highest BCUT2D eigenvalue weighted by molar-refractivity contribution is 5.96. The lowest BCUT2D eigenvalue weighted by atomic mass is 10.0. The van der Waals surface area contributed by atoms with E-state index in [4.69, 9.17) is 0 Å². The smallest absolute Gasteiger partial charge is 0.164 e. The van der Waals surface area contributed by atoms with Crippen LogP contribution in [0.3, 0.4) is 0 Å². The van der Waals surface area contributed by atoms with E-state index in [1.165, 1.54) is 43.5 Å². The van der Waals surface area contributed by atoms with Crippen LogP contribution in [0.15, 0.2) is 24.3 Å². The van der Waals surface area contributed by atoms with Crippen molar-refractivity contribution in [1.82, 2.24) is 4.90 Å². The zero-order valence-corrected chi connectivity index (χ0v) is 11.4. The molecule has 100 valence electrons. The molecule has 1 aromatic carbocycles. The van der Waals surface area contributed by atoms with Gasteiger partial charge in [0.2, 0.25) is 0 Å². The first-order chi connectivity index (χ1) is 9.33. The minimum atomic E-state index is 0.292. The van der Waals surface area contributed by atoms with Gasteiger partial charge in [0.05, 0.1) is 0 Å². The van der Waals surface area contributed by atoms with Crippen molar-refractivity contribution < 1.29 is 4.79 Å². The van der Waals surface area contributed by atoms with E-state index in [9.17, 15) is 4.79 Å². The molecule has 0 atom stereocenters. The van der Waals surface area contributed by atoms with Crippen LogP contribution < -0.4 is 0 Å². The van der Waals surface area contributed by atoms with Crippen molar-refractivity contribution in [2.24, 2.45) is 0 Å². The first kappa shape index (κ1) is 12.6. The Labute approximate surface area is 115 Å². The van der Waals surface area contributed by atoms with Crippen LogP contribution >= 0.6 is 0 Å². The molecular weight excluding hydrogens is 234 g/mol. The number of benzene rings is 1. The van der Waals surface area contributed by atoms with Crippen molar-refractivity contribution in [1.29, 1.82) is 0 Å². The summed E-state index contributed by atoms with van der Waals surface area (Å²) in [4.78, 5) is 14.7. The molecule has 1 aliphatic carbocycles. The number of hydrogen-bond donors (Lipinski definition) is 0. The monoisotopic (exact) mass is 255 g/mol. The topological polar surface area (TPSA) is 20.3 Å². The molecule has 1 aliphatic heterocycles. The number of fused-ring (bicyclic) bond motifs is 1. The zero-order chi connectivity index (χ0) is 13.1. The van der Waals surface area contributed by atoms with E-state index in [0.717, 1.165) is 18.5 Å². The summed E-state index contributed by atoms with van der Waals surface area (Å²) in [6, 6.07) is 6.13. The summed E-state index contributed by atoms with van der Waals surface area (Å²) < 4.78 is 0. The molecule has 1 fully saturated rings. The maximum absolute atomic E-state index is 12.2. The summed E-state index contributed by atoms with van der Waals surface area (Å²) in [7, 11) is 0. The minimum Gasteiger partial charge on any atom is -0.303 e. The summed E-state index contributed by atoms with van der Waals surface area (Å²) in [5, 5.41) is 0. The first-order valence-electron chi connectivity index (χ1n) is 7.38. The molecule has 0 unspecified atom stereocenters. The number of Topliss-reactive ketones (excluding diaryl/α,β-unsaturated/α-hetero) is 1. The average molecular weight is 255 g/mol. The summed E-state index contributed by atoms with van der Waals surface area (Å²) >= 11 is 0. The molecule has 1 aromatic rings. The third-order valence-electron chi connectivity index (χ3n) is 4.20. The lowest BCUT2D eigenvalue weighted by molar-refractivity contribution is 0.0958. The predicted octanol–water partition coefficient (Wildman–Crippen LogP) is 3.31. The van der Waals surface area contributed by atoms with Crippen molar-refractivity contribution in [3.05, 3.63) is 41.0 Å². The fourth-order valence-corrected chi connectivity index (χ4v) is 3.02. The number of rotatable bonds is 4. The molecule has 3 rings (SSSR count). The van der Waals surface area contributed by atoms with Crippen LogP contribution in [0.5, 0.6) is 0 Å². The van der Waals surface area contributed by atoms with Crippen LogP contribution in [0.25, 0.3) is 6.08 Å². The molecule has 0 aromatic heterocycles. The van der Waals surface area contributed by atoms with Gasteiger partial charge in [0.25, 0.3) is 0 Å². The van der Waals surface area contributed by atoms with E-state index in [1.807, 2.05) is 6.07 Å². The number of ketones is 1. The van der Waals surface area contributed by atoms with E-state index < -0.39 is 0 Å². The first-order valence-corrected chi connectivity index (χ1v) is 7.38. The third-order valence-corrected chi connectivity index (χ3v) is 4.20. The van der Waals surface area contributed by atoms with Gasteiger partial charge >= 0.3 is 0 Å². The molecule has 0 N–H and O–H groups in total. The second-order valence-corrected chi connectivity index (χ2v) is 5.60. The van der Waals surface area contributed by atoms with Gasteiger partial charge in [0, 0.05) is 18.5 Å². The summed E-state index contributed by atoms with van der Waals surface area (Å²) in [5.74, 6) is 0.292. The van der Waals surface area contributed by atoms with Gasteiger partial charge < -0.3 is 4.90 Å². The quantitative estimate of drug-likeness (QED) is 0.769. The summed E-state index contributed by atoms with van der Waals surface area (Å²) in [5.41, 5.74) is 3.45. The van der Waals surface area contributed by atoms with Crippen LogP contribution in [-0.4, -0.2) is 30.3 Å². The van der Waals surface area contributed by atoms with E-state index in [-0.39, 0.29) is 0 Å². The molecule has 2 nitrogen and oxygen atoms in total. The number of allylic oxidation sites excluding steroid dienone is 1. The van der Waals surface area contributed by atoms with E-state index in [2.05, 4.69) is 29.2 Å². The molecule has 19 heavy (non-hydrogen) atoms. The number of hydrogen-bond acceptors (Lipinski definition) is 2. The van der Waals surface area contributed by atoms with Crippen molar-refractivity contribution in [3.63, 3.8) is 0 Å². The van der Waals surface area contributed by atoms with E-state index in [0.29, 0.717) is 12.2 Å². The molecule has 0 amide bonds. The van der Waals surface area contributed by atoms with Crippen LogP contribution in [0.4, 0.5) is 0 Å². The highest BCUT2D eigenvalue weighted by Gasteiger charge is 2.14. The predicted molar refractivity (Wildman–Crippen MR) is 78.4 cm³/mol. The number of likely N-dealkylation sites (tertiary alicyclic amines) is 1. The van der Waals surface area contributed by atoms with E-state index >= 15 is 0 Å². The molecule has 0 bridgehead atoms. The zero-order valence-electron chi connectivity index (χ0n) is 11.4. The molecule has 0 saturated carbocycles. The Morgan fingerprint density at radius 1 is 1.16 bits per heavy atom. The highest BCUT2D eigenvalue weighted by Crippen LogP contribution is 2.21. The summed E-state index contributed by atoms with van der Waals surface area (Å²) in [6.45, 7) is 3.26. The largest absolute Gasteiger partial charge is 0.303 e. The second kappa shape index (κ2) is 5.70. The maximum atomic E-state index is 12.2. The standard InChI is InChI=1S/C17H21NO/c19-17(9-12-18-10-2-1-3-11-18)16-8-7-14-5-4-6-15(14)13-16/h4-5,7-8,13H,1-3,6,9-12H2. The Bertz CT molecular complexity index is 498. The van der Waals surface area contributed by atoms with Crippen LogP contribution in [0.2, 0.25) is 0 Å². The Morgan fingerprint density at radius 3 is 2.84 bits per heavy atom. The van der Waals surface area contributed by atoms with Gasteiger partial charge in [-0.15, -0.1) is 0 Å².